The van der Waals surface area contributed by atoms with Crippen molar-refractivity contribution in [1.82, 2.24) is 39.0 Å². The Morgan fingerprint density at radius 1 is 0.549 bits per heavy atom. The van der Waals surface area contributed by atoms with Crippen LogP contribution in [-0.4, -0.2) is 100 Å². The minimum absolute atomic E-state index is 0. The molecule has 0 fully saturated rings. The van der Waals surface area contributed by atoms with Crippen LogP contribution in [0.3, 0.4) is 0 Å². The van der Waals surface area contributed by atoms with Gasteiger partial charge in [-0.3, -0.25) is 9.13 Å². The number of halogens is 2. The number of ether oxygens (including phenoxy) is 7. The van der Waals surface area contributed by atoms with E-state index in [2.05, 4.69) is 34.6 Å². The van der Waals surface area contributed by atoms with Gasteiger partial charge in [-0.05, 0) is 117 Å². The Labute approximate surface area is 448 Å². The number of methoxy groups -OCH3 is 2. The van der Waals surface area contributed by atoms with Gasteiger partial charge in [0, 0.05) is 32.7 Å². The maximum Gasteiger partial charge on any atom is 0.519 e. The number of nitrogens with two attached hydrogens (primary N) is 1. The number of hydrogen-bond donors (Lipinski definition) is 1. The number of carbonyl (C=O) groups excluding carboxylic acids is 4. The monoisotopic (exact) mass is 1100 g/mol. The second-order valence-electron chi connectivity index (χ2n) is 18.7. The van der Waals surface area contributed by atoms with Gasteiger partial charge in [-0.1, -0.05) is 68.1 Å². The third-order valence-corrected chi connectivity index (χ3v) is 8.45. The predicted octanol–water partition coefficient (Wildman–Crippen LogP) is 10.8. The molecule has 0 bridgehead atoms. The minimum atomic E-state index is -1.06. The standard InChI is InChI=1S/C23H28ClN5O5.C13H12ClN5O.C10H18O5.CH4.Y/c1-22(2,3)33-20(30)29(21(31)34-23(4,5)6)17-15-16(26-18(24)27-17)28(19(25-15)32-7)13-14-11-9-8-10-12-14;1-20-13-16-9-10(15)17-12(14)18-11(9)19(13)7-8-5-3-2-4-6-8;1-9(2,3)14-7(11)13-8(12)15-10(4,5)6;;/h8-12H,13H2,1-7H3;2-6H,7H2,1H3,(H2,15,17,18);1-6H3;1H4;. The van der Waals surface area contributed by atoms with Crippen molar-refractivity contribution in [2.75, 3.05) is 24.9 Å². The van der Waals surface area contributed by atoms with E-state index < -0.39 is 46.9 Å². The van der Waals surface area contributed by atoms with Crippen LogP contribution in [0.4, 0.5) is 30.8 Å². The Balaban J connectivity index is 0.000000397. The van der Waals surface area contributed by atoms with E-state index in [4.69, 9.17) is 57.4 Å². The zero-order valence-corrected chi connectivity index (χ0v) is 46.0. The molecule has 71 heavy (non-hydrogen) atoms. The summed E-state index contributed by atoms with van der Waals surface area (Å²) in [7, 11) is 3.00. The third kappa shape index (κ3) is 19.0. The smallest absolute Gasteiger partial charge is 0.468 e. The number of nitrogens with zero attached hydrogens (tertiary/aromatic N) is 9. The maximum atomic E-state index is 13.1. The van der Waals surface area contributed by atoms with Crippen molar-refractivity contribution in [1.29, 1.82) is 0 Å². The molecule has 21 nitrogen and oxygen atoms in total. The normalized spacial score (nSPS) is 11.3. The zero-order valence-electron chi connectivity index (χ0n) is 41.6. The molecule has 0 aliphatic rings. The summed E-state index contributed by atoms with van der Waals surface area (Å²) in [4.78, 5) is 74.2. The van der Waals surface area contributed by atoms with Gasteiger partial charge >= 0.3 is 24.5 Å². The fraction of sp³-hybridized carbons (Fsp3) is 0.447. The van der Waals surface area contributed by atoms with E-state index in [1.807, 2.05) is 65.2 Å². The van der Waals surface area contributed by atoms with Crippen LogP contribution >= 0.6 is 23.2 Å². The van der Waals surface area contributed by atoms with Gasteiger partial charge in [-0.25, -0.2) is 19.2 Å². The number of carbonyl (C=O) groups is 4. The quantitative estimate of drug-likeness (QED) is 0.0675. The number of amides is 2. The van der Waals surface area contributed by atoms with Gasteiger partial charge in [-0.15, -0.1) is 0 Å². The van der Waals surface area contributed by atoms with Gasteiger partial charge in [0.2, 0.25) is 10.6 Å². The molecule has 2 aromatic carbocycles. The van der Waals surface area contributed by atoms with E-state index in [9.17, 15) is 19.2 Å². The van der Waals surface area contributed by atoms with E-state index in [0.29, 0.717) is 35.2 Å². The fourth-order valence-corrected chi connectivity index (χ4v) is 6.00. The van der Waals surface area contributed by atoms with Gasteiger partial charge in [0.15, 0.2) is 34.0 Å². The summed E-state index contributed by atoms with van der Waals surface area (Å²) >= 11 is 12.1. The fourth-order valence-electron chi connectivity index (χ4n) is 5.67. The second kappa shape index (κ2) is 25.5. The van der Waals surface area contributed by atoms with E-state index in [1.165, 1.54) is 7.11 Å². The average molecular weight is 1100 g/mol. The zero-order chi connectivity index (χ0) is 51.6. The van der Waals surface area contributed by atoms with Crippen LogP contribution in [0.25, 0.3) is 22.3 Å². The SMILES string of the molecule is C.CC(C)(C)OC(=O)OC(=O)OC(C)(C)C.COc1nc2c(N(C(=O)OC(C)(C)C)C(=O)OC(C)(C)C)nc(Cl)nc2n1Cc1ccccc1.COc1nc2c(N)nc(Cl)nc2n1Cc1ccccc1.[Y]. The summed E-state index contributed by atoms with van der Waals surface area (Å²) in [5.74, 6) is 0.0636. The van der Waals surface area contributed by atoms with Crippen molar-refractivity contribution in [3.63, 3.8) is 0 Å². The molecular formula is C47H62Cl2N10O11Y. The Morgan fingerprint density at radius 3 is 1.27 bits per heavy atom. The topological polar surface area (TPSA) is 249 Å². The number of anilines is 2. The predicted molar refractivity (Wildman–Crippen MR) is 265 cm³/mol. The van der Waals surface area contributed by atoms with Gasteiger partial charge in [0.25, 0.3) is 12.0 Å². The van der Waals surface area contributed by atoms with E-state index in [1.54, 1.807) is 94.8 Å². The molecule has 383 valence electrons. The molecule has 0 saturated heterocycles. The molecule has 2 N–H and O–H groups in total. The van der Waals surface area contributed by atoms with Crippen LogP contribution in [0.1, 0.15) is 102 Å². The van der Waals surface area contributed by atoms with Crippen LogP contribution in [0.15, 0.2) is 60.7 Å². The minimum Gasteiger partial charge on any atom is -0.468 e. The number of imide groups is 1. The van der Waals surface area contributed by atoms with Gasteiger partial charge < -0.3 is 38.9 Å². The van der Waals surface area contributed by atoms with E-state index in [-0.39, 0.29) is 79.5 Å². The molecule has 6 aromatic rings. The van der Waals surface area contributed by atoms with Crippen LogP contribution in [0.2, 0.25) is 10.6 Å². The van der Waals surface area contributed by atoms with E-state index in [0.717, 1.165) is 11.1 Å². The molecule has 0 spiro atoms. The molecule has 0 aliphatic heterocycles. The molecule has 24 heteroatoms. The van der Waals surface area contributed by atoms with Crippen molar-refractivity contribution >= 4 is 81.7 Å². The van der Waals surface area contributed by atoms with Crippen LogP contribution in [0, 0.1) is 0 Å². The number of hydrogen-bond acceptors (Lipinski definition) is 18. The Morgan fingerprint density at radius 2 is 0.901 bits per heavy atom. The summed E-state index contributed by atoms with van der Waals surface area (Å²) in [5.41, 5.74) is 6.13. The number of imidazole rings is 2. The molecule has 1 radical (unpaired) electrons. The Hall–Kier alpha value is -5.90. The van der Waals surface area contributed by atoms with E-state index >= 15 is 0 Å². The Bertz CT molecular complexity index is 2700. The van der Waals surface area contributed by atoms with Crippen molar-refractivity contribution < 1.29 is 85.0 Å². The molecule has 0 aliphatic carbocycles. The van der Waals surface area contributed by atoms with Gasteiger partial charge in [0.1, 0.15) is 22.4 Å². The molecule has 6 rings (SSSR count). The van der Waals surface area contributed by atoms with Gasteiger partial charge in [-0.2, -0.15) is 34.8 Å². The molecule has 4 aromatic heterocycles. The first kappa shape index (κ1) is 61.2. The molecule has 0 atom stereocenters. The second-order valence-corrected chi connectivity index (χ2v) is 19.4. The van der Waals surface area contributed by atoms with Crippen LogP contribution < -0.4 is 20.1 Å². The van der Waals surface area contributed by atoms with Crippen LogP contribution in [0.5, 0.6) is 12.0 Å². The van der Waals surface area contributed by atoms with Crippen molar-refractivity contribution in [3.05, 3.63) is 82.4 Å². The number of nitrogen functional groups attached to an aromatic ring is 1. The van der Waals surface area contributed by atoms with Crippen molar-refractivity contribution in [2.24, 2.45) is 0 Å². The van der Waals surface area contributed by atoms with Crippen molar-refractivity contribution in [3.8, 4) is 12.0 Å². The first-order valence-corrected chi connectivity index (χ1v) is 21.9. The molecule has 2 amide bonds. The summed E-state index contributed by atoms with van der Waals surface area (Å²) in [6, 6.07) is 20.1. The summed E-state index contributed by atoms with van der Waals surface area (Å²) in [5, 5.41) is -0.108. The maximum absolute atomic E-state index is 13.1. The molecule has 0 saturated carbocycles. The number of aromatic nitrogens is 8. The number of rotatable bonds is 7. The molecule has 0 unspecified atom stereocenters. The first-order valence-electron chi connectivity index (χ1n) is 21.2. The molecular weight excluding hydrogens is 1040 g/mol. The first-order chi connectivity index (χ1) is 32.0. The van der Waals surface area contributed by atoms with Gasteiger partial charge in [0.05, 0.1) is 27.3 Å². The number of benzene rings is 2. The van der Waals surface area contributed by atoms with Crippen molar-refractivity contribution in [2.45, 2.75) is 126 Å². The summed E-state index contributed by atoms with van der Waals surface area (Å²) in [6.07, 6.45) is -4.10. The summed E-state index contributed by atoms with van der Waals surface area (Å²) in [6.45, 7) is 21.0. The Kier molecular flexibility index (Phi) is 22.0. The van der Waals surface area contributed by atoms with Crippen LogP contribution in [-0.2, 0) is 69.5 Å². The number of fused-ring (bicyclic) bond motifs is 2. The largest absolute Gasteiger partial charge is 0.519 e. The summed E-state index contributed by atoms with van der Waals surface area (Å²) < 4.78 is 38.9. The average Bonchev–Trinajstić information content (AvgIpc) is 3.73. The molecule has 4 heterocycles. The third-order valence-electron chi connectivity index (χ3n) is 8.12.